The van der Waals surface area contributed by atoms with Gasteiger partial charge in [0.2, 0.25) is 0 Å². The minimum absolute atomic E-state index is 0.589. The quantitative estimate of drug-likeness (QED) is 0.706. The van der Waals surface area contributed by atoms with Gasteiger partial charge in [-0.2, -0.15) is 0 Å². The summed E-state index contributed by atoms with van der Waals surface area (Å²) in [6.45, 7) is 4.28. The Bertz CT molecular complexity index is 293. The van der Waals surface area contributed by atoms with Gasteiger partial charge in [0, 0.05) is 0 Å². The molecule has 0 spiro atoms. The van der Waals surface area contributed by atoms with Gasteiger partial charge in [0.15, 0.2) is 0 Å². The van der Waals surface area contributed by atoms with Gasteiger partial charge in [0.05, 0.1) is 0 Å². The molecule has 0 N–H and O–H groups in total. The zero-order chi connectivity index (χ0) is 11.4. The molecule has 15 heavy (non-hydrogen) atoms. The number of alkyl halides is 3. The molecule has 84 valence electrons. The first-order valence-corrected chi connectivity index (χ1v) is 5.93. The Kier molecular flexibility index (Phi) is 4.71. The van der Waals surface area contributed by atoms with Gasteiger partial charge in [-0.25, -0.2) is 8.78 Å². The molecule has 0 bridgehead atoms. The average Bonchev–Trinajstić information content (AvgIpc) is 2.17. The number of rotatable bonds is 4. The number of halogens is 3. The van der Waals surface area contributed by atoms with Crippen molar-refractivity contribution in [3.63, 3.8) is 0 Å². The van der Waals surface area contributed by atoms with Gasteiger partial charge in [-0.15, -0.1) is 0 Å². The van der Waals surface area contributed by atoms with Crippen LogP contribution < -0.4 is 0 Å². The van der Waals surface area contributed by atoms with Crippen molar-refractivity contribution in [1.29, 1.82) is 0 Å². The van der Waals surface area contributed by atoms with Crippen LogP contribution in [0.5, 0.6) is 0 Å². The van der Waals surface area contributed by atoms with Crippen molar-refractivity contribution < 1.29 is 8.78 Å². The molecule has 0 fully saturated rings. The molecule has 1 rings (SSSR count). The smallest absolute Gasteiger partial charge is 0.209 e. The van der Waals surface area contributed by atoms with E-state index >= 15 is 0 Å². The first-order valence-electron chi connectivity index (χ1n) is 5.01. The van der Waals surface area contributed by atoms with E-state index in [0.717, 1.165) is 6.42 Å². The van der Waals surface area contributed by atoms with Crippen LogP contribution in [0.15, 0.2) is 24.3 Å². The maximum atomic E-state index is 12.4. The molecule has 1 aromatic carbocycles. The van der Waals surface area contributed by atoms with E-state index < -0.39 is 11.3 Å². The van der Waals surface area contributed by atoms with Crippen molar-refractivity contribution in [3.8, 4) is 0 Å². The molecular weight excluding hydrogens is 262 g/mol. The van der Waals surface area contributed by atoms with Crippen LogP contribution in [0.2, 0.25) is 0 Å². The molecule has 0 aliphatic heterocycles. The molecule has 1 atom stereocenters. The molecule has 1 aromatic rings. The summed E-state index contributed by atoms with van der Waals surface area (Å²) in [5.74, 6) is 0.589. The zero-order valence-electron chi connectivity index (χ0n) is 8.88. The van der Waals surface area contributed by atoms with E-state index in [-0.39, 0.29) is 0 Å². The van der Waals surface area contributed by atoms with Crippen molar-refractivity contribution in [2.75, 3.05) is 0 Å². The summed E-state index contributed by atoms with van der Waals surface area (Å²) < 4.78 is 24.8. The summed E-state index contributed by atoms with van der Waals surface area (Å²) in [5.41, 5.74) is 1.83. The second-order valence-corrected chi connectivity index (χ2v) is 5.06. The van der Waals surface area contributed by atoms with Crippen LogP contribution in [-0.4, -0.2) is 6.43 Å². The summed E-state index contributed by atoms with van der Waals surface area (Å²) in [4.78, 5) is -0.856. The molecule has 0 aromatic heterocycles. The normalized spacial score (nSPS) is 13.5. The molecule has 0 saturated heterocycles. The van der Waals surface area contributed by atoms with E-state index in [4.69, 9.17) is 0 Å². The standard InChI is InChI=1S/C12H15BrF2/c1-8(2)7-9-3-5-10(6-4-9)11(13)12(14)15/h3-6,8,11-12H,7H2,1-2H3. The molecule has 3 heteroatoms. The van der Waals surface area contributed by atoms with Crippen molar-refractivity contribution in [3.05, 3.63) is 35.4 Å². The zero-order valence-corrected chi connectivity index (χ0v) is 10.5. The Hall–Kier alpha value is -0.440. The lowest BCUT2D eigenvalue weighted by Crippen LogP contribution is -2.01. The third-order valence-corrected chi connectivity index (χ3v) is 3.09. The Labute approximate surface area is 97.8 Å². The molecule has 0 nitrogen and oxygen atoms in total. The predicted octanol–water partition coefficient (Wildman–Crippen LogP) is 4.59. The molecule has 0 saturated carbocycles. The average molecular weight is 277 g/mol. The highest BCUT2D eigenvalue weighted by molar-refractivity contribution is 9.09. The van der Waals surface area contributed by atoms with Gasteiger partial charge in [-0.3, -0.25) is 0 Å². The third-order valence-electron chi connectivity index (χ3n) is 2.16. The fraction of sp³-hybridized carbons (Fsp3) is 0.500. The van der Waals surface area contributed by atoms with Gasteiger partial charge >= 0.3 is 0 Å². The summed E-state index contributed by atoms with van der Waals surface area (Å²) in [5, 5.41) is 0. The Balaban J connectivity index is 2.72. The van der Waals surface area contributed by atoms with Gasteiger partial charge < -0.3 is 0 Å². The highest BCUT2D eigenvalue weighted by atomic mass is 79.9. The fourth-order valence-electron chi connectivity index (χ4n) is 1.45. The van der Waals surface area contributed by atoms with Gasteiger partial charge in [0.25, 0.3) is 6.43 Å². The molecule has 0 heterocycles. The van der Waals surface area contributed by atoms with E-state index in [1.807, 2.05) is 12.1 Å². The van der Waals surface area contributed by atoms with Crippen LogP contribution in [0.25, 0.3) is 0 Å². The van der Waals surface area contributed by atoms with Crippen molar-refractivity contribution in [1.82, 2.24) is 0 Å². The van der Waals surface area contributed by atoms with Crippen LogP contribution in [0.3, 0.4) is 0 Å². The fourth-order valence-corrected chi connectivity index (χ4v) is 1.76. The first-order chi connectivity index (χ1) is 7.00. The lowest BCUT2D eigenvalue weighted by atomic mass is 10.0. The maximum absolute atomic E-state index is 12.4. The summed E-state index contributed by atoms with van der Waals surface area (Å²) in [6.07, 6.45) is -1.37. The second-order valence-electron chi connectivity index (χ2n) is 4.08. The molecule has 0 aliphatic carbocycles. The molecule has 0 aliphatic rings. The Morgan fingerprint density at radius 2 is 1.67 bits per heavy atom. The lowest BCUT2D eigenvalue weighted by Gasteiger charge is -2.10. The maximum Gasteiger partial charge on any atom is 0.255 e. The third kappa shape index (κ3) is 3.90. The molecule has 1 unspecified atom stereocenters. The monoisotopic (exact) mass is 276 g/mol. The number of hydrogen-bond acceptors (Lipinski definition) is 0. The largest absolute Gasteiger partial charge is 0.255 e. The predicted molar refractivity (Wildman–Crippen MR) is 62.7 cm³/mol. The van der Waals surface area contributed by atoms with Crippen molar-refractivity contribution in [2.45, 2.75) is 31.5 Å². The first kappa shape index (κ1) is 12.6. The molecule has 0 amide bonds. The minimum atomic E-state index is -2.36. The lowest BCUT2D eigenvalue weighted by molar-refractivity contribution is 0.147. The van der Waals surface area contributed by atoms with Gasteiger partial charge in [0.1, 0.15) is 4.83 Å². The molecule has 0 radical (unpaired) electrons. The number of benzene rings is 1. The Morgan fingerprint density at radius 1 is 1.13 bits per heavy atom. The van der Waals surface area contributed by atoms with Gasteiger partial charge in [-0.05, 0) is 23.5 Å². The van der Waals surface area contributed by atoms with Crippen LogP contribution >= 0.6 is 15.9 Å². The molecular formula is C12H15BrF2. The highest BCUT2D eigenvalue weighted by Crippen LogP contribution is 2.29. The topological polar surface area (TPSA) is 0 Å². The van der Waals surface area contributed by atoms with E-state index in [1.54, 1.807) is 12.1 Å². The van der Waals surface area contributed by atoms with Gasteiger partial charge in [-0.1, -0.05) is 54.0 Å². The van der Waals surface area contributed by atoms with Crippen LogP contribution in [0.4, 0.5) is 8.78 Å². The SMILES string of the molecule is CC(C)Cc1ccc(C(Br)C(F)F)cc1. The number of hydrogen-bond donors (Lipinski definition) is 0. The van der Waals surface area contributed by atoms with E-state index in [9.17, 15) is 8.78 Å². The second kappa shape index (κ2) is 5.59. The van der Waals surface area contributed by atoms with Crippen LogP contribution in [0, 0.1) is 5.92 Å². The Morgan fingerprint density at radius 3 is 2.07 bits per heavy atom. The highest BCUT2D eigenvalue weighted by Gasteiger charge is 2.18. The van der Waals surface area contributed by atoms with E-state index in [1.165, 1.54) is 5.56 Å². The van der Waals surface area contributed by atoms with Crippen LogP contribution in [0.1, 0.15) is 29.8 Å². The van der Waals surface area contributed by atoms with Crippen molar-refractivity contribution >= 4 is 15.9 Å². The van der Waals surface area contributed by atoms with E-state index in [2.05, 4.69) is 29.8 Å². The summed E-state index contributed by atoms with van der Waals surface area (Å²) in [6, 6.07) is 7.38. The van der Waals surface area contributed by atoms with Crippen molar-refractivity contribution in [2.24, 2.45) is 5.92 Å². The summed E-state index contributed by atoms with van der Waals surface area (Å²) in [7, 11) is 0. The van der Waals surface area contributed by atoms with Crippen LogP contribution in [-0.2, 0) is 6.42 Å². The summed E-state index contributed by atoms with van der Waals surface area (Å²) >= 11 is 2.98. The van der Waals surface area contributed by atoms with E-state index in [0.29, 0.717) is 11.5 Å². The minimum Gasteiger partial charge on any atom is -0.209 e.